The molecule has 3 aromatic carbocycles. The van der Waals surface area contributed by atoms with Gasteiger partial charge in [0.1, 0.15) is 0 Å². The number of benzene rings is 3. The number of nitrogens with zero attached hydrogens (tertiary/aromatic N) is 1. The van der Waals surface area contributed by atoms with Gasteiger partial charge in [0.15, 0.2) is 11.5 Å². The standard InChI is InChI=1S/C27H30N2O5/c1-28-27(31)21-9-10-29(16-21)25(30)12-17-5-6-19-13-20(8-7-18(19)11-17)22-14-23(32-2)26(34-4)24(15-22)33-3/h5-8,11,13-15,21H,9-10,12,16H2,1-4H3,(H,28,31)/t21-/m0/s1. The van der Waals surface area contributed by atoms with Gasteiger partial charge >= 0.3 is 0 Å². The van der Waals surface area contributed by atoms with Gasteiger partial charge < -0.3 is 24.4 Å². The average molecular weight is 463 g/mol. The molecule has 1 aliphatic rings. The number of carbonyl (C=O) groups excluding carboxylic acids is 2. The predicted octanol–water partition coefficient (Wildman–Crippen LogP) is 3.67. The van der Waals surface area contributed by atoms with E-state index in [-0.39, 0.29) is 17.7 Å². The van der Waals surface area contributed by atoms with E-state index in [1.165, 1.54) is 0 Å². The van der Waals surface area contributed by atoms with Crippen LogP contribution < -0.4 is 19.5 Å². The van der Waals surface area contributed by atoms with Crippen LogP contribution in [0.25, 0.3) is 21.9 Å². The van der Waals surface area contributed by atoms with Crippen LogP contribution in [0.2, 0.25) is 0 Å². The van der Waals surface area contributed by atoms with Gasteiger partial charge in [0.25, 0.3) is 0 Å². The molecule has 0 saturated carbocycles. The molecular weight excluding hydrogens is 432 g/mol. The van der Waals surface area contributed by atoms with E-state index in [0.29, 0.717) is 43.2 Å². The predicted molar refractivity (Wildman–Crippen MR) is 131 cm³/mol. The first-order chi connectivity index (χ1) is 16.5. The lowest BCUT2D eigenvalue weighted by atomic mass is 9.98. The summed E-state index contributed by atoms with van der Waals surface area (Å²) < 4.78 is 16.4. The molecule has 7 nitrogen and oxygen atoms in total. The van der Waals surface area contributed by atoms with E-state index in [1.54, 1.807) is 33.3 Å². The van der Waals surface area contributed by atoms with Crippen molar-refractivity contribution in [3.05, 3.63) is 54.1 Å². The molecule has 1 heterocycles. The van der Waals surface area contributed by atoms with Crippen molar-refractivity contribution in [2.24, 2.45) is 5.92 Å². The summed E-state index contributed by atoms with van der Waals surface area (Å²) in [5.41, 5.74) is 2.93. The zero-order valence-corrected chi connectivity index (χ0v) is 20.0. The van der Waals surface area contributed by atoms with Crippen LogP contribution in [0.5, 0.6) is 17.2 Å². The maximum absolute atomic E-state index is 12.8. The highest BCUT2D eigenvalue weighted by atomic mass is 16.5. The summed E-state index contributed by atoms with van der Waals surface area (Å²) in [5, 5.41) is 4.81. The second-order valence-corrected chi connectivity index (χ2v) is 8.43. The van der Waals surface area contributed by atoms with Crippen LogP contribution in [-0.2, 0) is 16.0 Å². The summed E-state index contributed by atoms with van der Waals surface area (Å²) in [7, 11) is 6.42. The minimum absolute atomic E-state index is 0.00362. The summed E-state index contributed by atoms with van der Waals surface area (Å²) in [6.07, 6.45) is 1.04. The molecule has 0 aliphatic carbocycles. The van der Waals surface area contributed by atoms with Gasteiger partial charge in [-0.15, -0.1) is 0 Å². The summed E-state index contributed by atoms with van der Waals surface area (Å²) in [4.78, 5) is 26.4. The topological polar surface area (TPSA) is 77.1 Å². The number of rotatable bonds is 7. The lowest BCUT2D eigenvalue weighted by Gasteiger charge is -2.16. The molecule has 34 heavy (non-hydrogen) atoms. The highest BCUT2D eigenvalue weighted by molar-refractivity contribution is 5.90. The molecule has 3 aromatic rings. The summed E-state index contributed by atoms with van der Waals surface area (Å²) in [5.74, 6) is 1.71. The van der Waals surface area contributed by atoms with Crippen molar-refractivity contribution in [3.8, 4) is 28.4 Å². The van der Waals surface area contributed by atoms with E-state index in [4.69, 9.17) is 14.2 Å². The van der Waals surface area contributed by atoms with E-state index in [0.717, 1.165) is 27.5 Å². The van der Waals surface area contributed by atoms with Gasteiger partial charge in [0.2, 0.25) is 17.6 Å². The lowest BCUT2D eigenvalue weighted by molar-refractivity contribution is -0.130. The SMILES string of the molecule is CNC(=O)[C@H]1CCN(C(=O)Cc2ccc3cc(-c4cc(OC)c(OC)c(OC)c4)ccc3c2)C1. The molecule has 0 bridgehead atoms. The average Bonchev–Trinajstić information content (AvgIpc) is 3.37. The zero-order chi connectivity index (χ0) is 24.2. The Morgan fingerprint density at radius 2 is 1.59 bits per heavy atom. The molecule has 1 N–H and O–H groups in total. The van der Waals surface area contributed by atoms with Crippen LogP contribution in [0.3, 0.4) is 0 Å². The van der Waals surface area contributed by atoms with Crippen LogP contribution in [-0.4, -0.2) is 58.2 Å². The van der Waals surface area contributed by atoms with Crippen LogP contribution in [0, 0.1) is 5.92 Å². The maximum atomic E-state index is 12.8. The zero-order valence-electron chi connectivity index (χ0n) is 20.0. The number of likely N-dealkylation sites (tertiary alicyclic amines) is 1. The molecule has 0 radical (unpaired) electrons. The van der Waals surface area contributed by atoms with Crippen molar-refractivity contribution in [3.63, 3.8) is 0 Å². The first-order valence-corrected chi connectivity index (χ1v) is 11.3. The Bertz CT molecular complexity index is 1200. The number of hydrogen-bond donors (Lipinski definition) is 1. The summed E-state index contributed by atoms with van der Waals surface area (Å²) in [6, 6.07) is 16.1. The van der Waals surface area contributed by atoms with Crippen molar-refractivity contribution in [1.29, 1.82) is 0 Å². The fourth-order valence-electron chi connectivity index (χ4n) is 4.52. The van der Waals surface area contributed by atoms with Crippen molar-refractivity contribution in [2.45, 2.75) is 12.8 Å². The maximum Gasteiger partial charge on any atom is 0.227 e. The van der Waals surface area contributed by atoms with Crippen LogP contribution in [0.1, 0.15) is 12.0 Å². The molecule has 2 amide bonds. The summed E-state index contributed by atoms with van der Waals surface area (Å²) >= 11 is 0. The number of ether oxygens (including phenoxy) is 3. The monoisotopic (exact) mass is 462 g/mol. The molecule has 7 heteroatoms. The number of nitrogens with one attached hydrogen (secondary N) is 1. The third-order valence-corrected chi connectivity index (χ3v) is 6.42. The van der Waals surface area contributed by atoms with E-state index in [1.807, 2.05) is 30.3 Å². The molecule has 0 spiro atoms. The first-order valence-electron chi connectivity index (χ1n) is 11.3. The third kappa shape index (κ3) is 4.64. The molecule has 1 saturated heterocycles. The molecule has 0 unspecified atom stereocenters. The highest BCUT2D eigenvalue weighted by Gasteiger charge is 2.30. The van der Waals surface area contributed by atoms with E-state index < -0.39 is 0 Å². The Hall–Kier alpha value is -3.74. The number of carbonyl (C=O) groups is 2. The Balaban J connectivity index is 1.54. The number of fused-ring (bicyclic) bond motifs is 1. The van der Waals surface area contributed by atoms with E-state index in [9.17, 15) is 9.59 Å². The fraction of sp³-hybridized carbons (Fsp3) is 0.333. The van der Waals surface area contributed by atoms with Gasteiger partial charge in [0.05, 0.1) is 33.7 Å². The van der Waals surface area contributed by atoms with Crippen molar-refractivity contribution in [2.75, 3.05) is 41.5 Å². The molecule has 178 valence electrons. The lowest BCUT2D eigenvalue weighted by Crippen LogP contribution is -2.33. The highest BCUT2D eigenvalue weighted by Crippen LogP contribution is 2.41. The molecule has 1 fully saturated rings. The van der Waals surface area contributed by atoms with Crippen LogP contribution >= 0.6 is 0 Å². The van der Waals surface area contributed by atoms with Crippen molar-refractivity contribution >= 4 is 22.6 Å². The van der Waals surface area contributed by atoms with Crippen LogP contribution in [0.4, 0.5) is 0 Å². The molecule has 4 rings (SSSR count). The number of hydrogen-bond acceptors (Lipinski definition) is 5. The first kappa shape index (κ1) is 23.4. The fourth-order valence-corrected chi connectivity index (χ4v) is 4.52. The Morgan fingerprint density at radius 1 is 0.912 bits per heavy atom. The minimum atomic E-state index is -0.112. The van der Waals surface area contributed by atoms with Gasteiger partial charge in [-0.25, -0.2) is 0 Å². The quantitative estimate of drug-likeness (QED) is 0.580. The van der Waals surface area contributed by atoms with Gasteiger partial charge in [-0.2, -0.15) is 0 Å². The summed E-state index contributed by atoms with van der Waals surface area (Å²) in [6.45, 7) is 1.12. The number of amides is 2. The second kappa shape index (κ2) is 10.0. The molecule has 0 aromatic heterocycles. The largest absolute Gasteiger partial charge is 0.493 e. The number of methoxy groups -OCH3 is 3. The van der Waals surface area contributed by atoms with Crippen molar-refractivity contribution in [1.82, 2.24) is 10.2 Å². The van der Waals surface area contributed by atoms with Gasteiger partial charge in [-0.3, -0.25) is 9.59 Å². The van der Waals surface area contributed by atoms with Gasteiger partial charge in [0, 0.05) is 20.1 Å². The normalized spacial score (nSPS) is 15.3. The third-order valence-electron chi connectivity index (χ3n) is 6.42. The minimum Gasteiger partial charge on any atom is -0.493 e. The van der Waals surface area contributed by atoms with Crippen LogP contribution in [0.15, 0.2) is 48.5 Å². The Labute approximate surface area is 199 Å². The molecule has 1 aliphatic heterocycles. The molecule has 1 atom stereocenters. The van der Waals surface area contributed by atoms with Crippen molar-refractivity contribution < 1.29 is 23.8 Å². The Morgan fingerprint density at radius 3 is 2.24 bits per heavy atom. The van der Waals surface area contributed by atoms with E-state index in [2.05, 4.69) is 23.5 Å². The van der Waals surface area contributed by atoms with Gasteiger partial charge in [-0.1, -0.05) is 30.3 Å². The Kier molecular flexibility index (Phi) is 6.91. The molecular formula is C27H30N2O5. The second-order valence-electron chi connectivity index (χ2n) is 8.43. The smallest absolute Gasteiger partial charge is 0.227 e. The van der Waals surface area contributed by atoms with E-state index >= 15 is 0 Å². The van der Waals surface area contributed by atoms with Gasteiger partial charge in [-0.05, 0) is 52.1 Å².